The van der Waals surface area contributed by atoms with E-state index in [2.05, 4.69) is 10.5 Å². The minimum absolute atomic E-state index is 0.186. The van der Waals surface area contributed by atoms with Gasteiger partial charge in [0.05, 0.1) is 13.2 Å². The second-order valence-corrected chi connectivity index (χ2v) is 5.05. The van der Waals surface area contributed by atoms with E-state index in [1.165, 1.54) is 0 Å². The summed E-state index contributed by atoms with van der Waals surface area (Å²) in [5.41, 5.74) is 6.27. The Morgan fingerprint density at radius 2 is 1.87 bits per heavy atom. The molecule has 0 bridgehead atoms. The van der Waals surface area contributed by atoms with Gasteiger partial charge in [-0.1, -0.05) is 5.16 Å². The summed E-state index contributed by atoms with van der Waals surface area (Å²) in [6.07, 6.45) is 0. The quantitative estimate of drug-likeness (QED) is 0.865. The molecule has 3 rings (SSSR count). The number of carbonyl (C=O) groups is 2. The summed E-state index contributed by atoms with van der Waals surface area (Å²) in [4.78, 5) is 25.1. The molecule has 0 spiro atoms. The molecule has 1 saturated heterocycles. The first-order chi connectivity index (χ1) is 11.1. The van der Waals surface area contributed by atoms with Gasteiger partial charge < -0.3 is 25.2 Å². The lowest BCUT2D eigenvalue weighted by atomic mass is 10.2. The van der Waals surface area contributed by atoms with E-state index in [1.54, 1.807) is 30.3 Å². The van der Waals surface area contributed by atoms with Gasteiger partial charge in [0, 0.05) is 30.4 Å². The monoisotopic (exact) mass is 316 g/mol. The topological polar surface area (TPSA) is 111 Å². The van der Waals surface area contributed by atoms with Gasteiger partial charge in [0.1, 0.15) is 0 Å². The summed E-state index contributed by atoms with van der Waals surface area (Å²) < 4.78 is 10.5. The molecular formula is C15H16N4O4. The van der Waals surface area contributed by atoms with Crippen molar-refractivity contribution in [3.8, 4) is 0 Å². The van der Waals surface area contributed by atoms with E-state index in [-0.39, 0.29) is 11.6 Å². The lowest BCUT2D eigenvalue weighted by Gasteiger charge is -2.25. The van der Waals surface area contributed by atoms with Crippen molar-refractivity contribution >= 4 is 23.4 Å². The third kappa shape index (κ3) is 3.49. The smallest absolute Gasteiger partial charge is 0.277 e. The molecular weight excluding hydrogens is 300 g/mol. The number of nitrogens with two attached hydrogens (primary N) is 1. The number of nitrogens with one attached hydrogen (secondary N) is 1. The number of benzene rings is 1. The summed E-state index contributed by atoms with van der Waals surface area (Å²) in [5.74, 6) is -0.364. The van der Waals surface area contributed by atoms with Crippen LogP contribution in [-0.2, 0) is 4.74 Å². The molecule has 0 aliphatic carbocycles. The molecule has 23 heavy (non-hydrogen) atoms. The molecule has 0 atom stereocenters. The van der Waals surface area contributed by atoms with Crippen LogP contribution in [0.2, 0.25) is 0 Å². The van der Waals surface area contributed by atoms with Crippen molar-refractivity contribution in [3.05, 3.63) is 41.6 Å². The van der Waals surface area contributed by atoms with Crippen molar-refractivity contribution in [2.45, 2.75) is 0 Å². The molecule has 2 aromatic rings. The van der Waals surface area contributed by atoms with Gasteiger partial charge in [0.2, 0.25) is 11.8 Å². The Bertz CT molecular complexity index is 705. The zero-order chi connectivity index (χ0) is 16.2. The Balaban J connectivity index is 1.66. The molecule has 2 heterocycles. The molecule has 1 aromatic heterocycles. The highest BCUT2D eigenvalue weighted by Crippen LogP contribution is 2.18. The highest BCUT2D eigenvalue weighted by molar-refractivity contribution is 6.03. The van der Waals surface area contributed by atoms with Crippen LogP contribution in [0.15, 0.2) is 34.9 Å². The van der Waals surface area contributed by atoms with E-state index < -0.39 is 5.91 Å². The van der Waals surface area contributed by atoms with Crippen LogP contribution in [0.5, 0.6) is 0 Å². The van der Waals surface area contributed by atoms with Crippen molar-refractivity contribution in [2.75, 3.05) is 36.5 Å². The van der Waals surface area contributed by atoms with Crippen LogP contribution >= 0.6 is 0 Å². The molecule has 1 aromatic carbocycles. The van der Waals surface area contributed by atoms with Crippen LogP contribution in [0.25, 0.3) is 0 Å². The average Bonchev–Trinajstić information content (AvgIpc) is 3.06. The Morgan fingerprint density at radius 3 is 2.52 bits per heavy atom. The number of aromatic nitrogens is 1. The molecule has 1 fully saturated rings. The van der Waals surface area contributed by atoms with Crippen molar-refractivity contribution in [1.29, 1.82) is 0 Å². The van der Waals surface area contributed by atoms with Gasteiger partial charge in [-0.05, 0) is 24.3 Å². The number of hydrogen-bond donors (Lipinski definition) is 2. The Labute approximate surface area is 132 Å². The van der Waals surface area contributed by atoms with E-state index in [4.69, 9.17) is 15.0 Å². The maximum atomic E-state index is 12.2. The van der Waals surface area contributed by atoms with Gasteiger partial charge in [-0.15, -0.1) is 0 Å². The van der Waals surface area contributed by atoms with E-state index in [1.807, 2.05) is 4.90 Å². The number of hydrogen-bond acceptors (Lipinski definition) is 6. The van der Waals surface area contributed by atoms with Gasteiger partial charge >= 0.3 is 0 Å². The van der Waals surface area contributed by atoms with Crippen LogP contribution in [0.1, 0.15) is 20.8 Å². The average molecular weight is 316 g/mol. The molecule has 0 saturated carbocycles. The fourth-order valence-electron chi connectivity index (χ4n) is 2.22. The molecule has 120 valence electrons. The number of amides is 2. The fourth-order valence-corrected chi connectivity index (χ4v) is 2.22. The normalized spacial score (nSPS) is 14.5. The van der Waals surface area contributed by atoms with Gasteiger partial charge in [-0.2, -0.15) is 0 Å². The number of carbonyl (C=O) groups excluding carboxylic acids is 2. The van der Waals surface area contributed by atoms with E-state index in [9.17, 15) is 9.59 Å². The largest absolute Gasteiger partial charge is 0.378 e. The Kier molecular flexibility index (Phi) is 4.24. The zero-order valence-electron chi connectivity index (χ0n) is 12.3. The SMILES string of the molecule is NC(=O)c1ccc(NC(=O)c2cc(N3CCOCC3)on2)cc1. The lowest BCUT2D eigenvalue weighted by molar-refractivity contribution is 0.0997. The highest BCUT2D eigenvalue weighted by Gasteiger charge is 2.19. The van der Waals surface area contributed by atoms with E-state index >= 15 is 0 Å². The summed E-state index contributed by atoms with van der Waals surface area (Å²) in [6, 6.07) is 7.88. The molecule has 8 heteroatoms. The molecule has 1 aliphatic heterocycles. The van der Waals surface area contributed by atoms with Crippen molar-refractivity contribution in [2.24, 2.45) is 5.73 Å². The van der Waals surface area contributed by atoms with Crippen LogP contribution < -0.4 is 16.0 Å². The fraction of sp³-hybridized carbons (Fsp3) is 0.267. The van der Waals surface area contributed by atoms with Crippen LogP contribution in [-0.4, -0.2) is 43.3 Å². The number of anilines is 2. The molecule has 8 nitrogen and oxygen atoms in total. The van der Waals surface area contributed by atoms with Crippen LogP contribution in [0.4, 0.5) is 11.6 Å². The van der Waals surface area contributed by atoms with Crippen LogP contribution in [0.3, 0.4) is 0 Å². The maximum Gasteiger partial charge on any atom is 0.277 e. The number of ether oxygens (including phenoxy) is 1. The standard InChI is InChI=1S/C15H16N4O4/c16-14(20)10-1-3-11(4-2-10)17-15(21)12-9-13(23-18-12)19-5-7-22-8-6-19/h1-4,9H,5-8H2,(H2,16,20)(H,17,21). The molecule has 2 amide bonds. The summed E-state index contributed by atoms with van der Waals surface area (Å²) in [5, 5.41) is 6.47. The molecule has 3 N–H and O–H groups in total. The highest BCUT2D eigenvalue weighted by atomic mass is 16.5. The van der Waals surface area contributed by atoms with Crippen LogP contribution in [0, 0.1) is 0 Å². The number of primary amides is 1. The van der Waals surface area contributed by atoms with Gasteiger partial charge in [-0.25, -0.2) is 0 Å². The van der Waals surface area contributed by atoms with Crippen molar-refractivity contribution in [3.63, 3.8) is 0 Å². The maximum absolute atomic E-state index is 12.2. The minimum Gasteiger partial charge on any atom is -0.378 e. The minimum atomic E-state index is -0.519. The summed E-state index contributed by atoms with van der Waals surface area (Å²) in [7, 11) is 0. The van der Waals surface area contributed by atoms with Gasteiger partial charge in [0.15, 0.2) is 5.69 Å². The number of morpholine rings is 1. The second-order valence-electron chi connectivity index (χ2n) is 5.05. The first kappa shape index (κ1) is 15.0. The first-order valence-electron chi connectivity index (χ1n) is 7.14. The summed E-state index contributed by atoms with van der Waals surface area (Å²) in [6.45, 7) is 2.64. The van der Waals surface area contributed by atoms with Gasteiger partial charge in [0.25, 0.3) is 5.91 Å². The Hall–Kier alpha value is -2.87. The second kappa shape index (κ2) is 6.49. The van der Waals surface area contributed by atoms with Gasteiger partial charge in [-0.3, -0.25) is 9.59 Å². The zero-order valence-corrected chi connectivity index (χ0v) is 12.3. The lowest BCUT2D eigenvalue weighted by Crippen LogP contribution is -2.35. The predicted octanol–water partition coefficient (Wildman–Crippen LogP) is 0.862. The third-order valence-corrected chi connectivity index (χ3v) is 3.48. The first-order valence-corrected chi connectivity index (χ1v) is 7.14. The van der Waals surface area contributed by atoms with E-state index in [0.29, 0.717) is 43.4 Å². The molecule has 0 unspecified atom stereocenters. The third-order valence-electron chi connectivity index (χ3n) is 3.48. The molecule has 1 aliphatic rings. The van der Waals surface area contributed by atoms with Crippen molar-refractivity contribution in [1.82, 2.24) is 5.16 Å². The number of nitrogens with zero attached hydrogens (tertiary/aromatic N) is 2. The summed E-state index contributed by atoms with van der Waals surface area (Å²) >= 11 is 0. The number of rotatable bonds is 4. The predicted molar refractivity (Wildman–Crippen MR) is 82.4 cm³/mol. The van der Waals surface area contributed by atoms with Crippen molar-refractivity contribution < 1.29 is 18.8 Å². The van der Waals surface area contributed by atoms with E-state index in [0.717, 1.165) is 0 Å². The molecule has 0 radical (unpaired) electrons. The Morgan fingerprint density at radius 1 is 1.17 bits per heavy atom.